The van der Waals surface area contributed by atoms with Gasteiger partial charge in [0.2, 0.25) is 0 Å². The lowest BCUT2D eigenvalue weighted by Gasteiger charge is -2.25. The molecule has 0 saturated heterocycles. The zero-order valence-corrected chi connectivity index (χ0v) is 10.8. The van der Waals surface area contributed by atoms with E-state index in [9.17, 15) is 13.2 Å². The number of anilines is 1. The number of aryl methyl sites for hydroxylation is 1. The molecule has 1 aromatic carbocycles. The van der Waals surface area contributed by atoms with Crippen LogP contribution in [0.25, 0.3) is 0 Å². The molecule has 2 nitrogen and oxygen atoms in total. The highest BCUT2D eigenvalue weighted by molar-refractivity contribution is 5.54. The van der Waals surface area contributed by atoms with Crippen molar-refractivity contribution in [1.29, 1.82) is 0 Å². The SMILES string of the molecule is FC(F)(F)CNCCN1CCCCc2ccccc21. The monoisotopic (exact) mass is 272 g/mol. The molecule has 1 N–H and O–H groups in total. The molecule has 1 aromatic rings. The van der Waals surface area contributed by atoms with Crippen LogP contribution in [-0.4, -0.2) is 32.4 Å². The fourth-order valence-corrected chi connectivity index (χ4v) is 2.45. The summed E-state index contributed by atoms with van der Waals surface area (Å²) in [4.78, 5) is 2.19. The Bertz CT molecular complexity index is 404. The Morgan fingerprint density at radius 1 is 1.16 bits per heavy atom. The van der Waals surface area contributed by atoms with Crippen molar-refractivity contribution >= 4 is 5.69 Å². The molecular weight excluding hydrogens is 253 g/mol. The van der Waals surface area contributed by atoms with E-state index >= 15 is 0 Å². The number of nitrogens with zero attached hydrogens (tertiary/aromatic N) is 1. The minimum Gasteiger partial charge on any atom is -0.370 e. The summed E-state index contributed by atoms with van der Waals surface area (Å²) in [7, 11) is 0. The van der Waals surface area contributed by atoms with Crippen LogP contribution in [0.15, 0.2) is 24.3 Å². The highest BCUT2D eigenvalue weighted by atomic mass is 19.4. The van der Waals surface area contributed by atoms with Crippen LogP contribution < -0.4 is 10.2 Å². The molecule has 0 saturated carbocycles. The van der Waals surface area contributed by atoms with Gasteiger partial charge in [0.25, 0.3) is 0 Å². The maximum Gasteiger partial charge on any atom is 0.401 e. The molecular formula is C14H19F3N2. The molecule has 0 aliphatic carbocycles. The average molecular weight is 272 g/mol. The van der Waals surface area contributed by atoms with E-state index in [0.29, 0.717) is 13.1 Å². The van der Waals surface area contributed by atoms with E-state index in [-0.39, 0.29) is 0 Å². The molecule has 1 aliphatic heterocycles. The Labute approximate surface area is 111 Å². The first-order chi connectivity index (χ1) is 9.06. The molecule has 2 rings (SSSR count). The third-order valence-corrected chi connectivity index (χ3v) is 3.34. The van der Waals surface area contributed by atoms with Crippen LogP contribution in [0.4, 0.5) is 18.9 Å². The third-order valence-electron chi connectivity index (χ3n) is 3.34. The van der Waals surface area contributed by atoms with Crippen molar-refractivity contribution in [2.24, 2.45) is 0 Å². The van der Waals surface area contributed by atoms with Gasteiger partial charge in [0.1, 0.15) is 0 Å². The van der Waals surface area contributed by atoms with Gasteiger partial charge in [-0.25, -0.2) is 0 Å². The highest BCUT2D eigenvalue weighted by Gasteiger charge is 2.26. The van der Waals surface area contributed by atoms with Gasteiger partial charge in [0, 0.05) is 25.3 Å². The summed E-state index contributed by atoms with van der Waals surface area (Å²) < 4.78 is 36.1. The average Bonchev–Trinajstić information content (AvgIpc) is 2.56. The molecule has 1 aliphatic rings. The molecule has 0 unspecified atom stereocenters. The summed E-state index contributed by atoms with van der Waals surface area (Å²) in [6, 6.07) is 8.17. The first-order valence-corrected chi connectivity index (χ1v) is 6.66. The molecule has 0 amide bonds. The lowest BCUT2D eigenvalue weighted by molar-refractivity contribution is -0.124. The lowest BCUT2D eigenvalue weighted by atomic mass is 10.1. The summed E-state index contributed by atoms with van der Waals surface area (Å²) in [5, 5.41) is 2.46. The number of alkyl halides is 3. The first kappa shape index (κ1) is 14.2. The molecule has 5 heteroatoms. The van der Waals surface area contributed by atoms with Gasteiger partial charge in [-0.3, -0.25) is 0 Å². The summed E-state index contributed by atoms with van der Waals surface area (Å²) in [5.41, 5.74) is 2.48. The van der Waals surface area contributed by atoms with Crippen molar-refractivity contribution in [3.63, 3.8) is 0 Å². The van der Waals surface area contributed by atoms with E-state index in [0.717, 1.165) is 25.8 Å². The molecule has 19 heavy (non-hydrogen) atoms. The zero-order valence-electron chi connectivity index (χ0n) is 10.8. The van der Waals surface area contributed by atoms with Gasteiger partial charge in [-0.15, -0.1) is 0 Å². The van der Waals surface area contributed by atoms with E-state index in [2.05, 4.69) is 22.3 Å². The van der Waals surface area contributed by atoms with Crippen molar-refractivity contribution in [1.82, 2.24) is 5.32 Å². The Balaban J connectivity index is 1.90. The number of hydrogen-bond acceptors (Lipinski definition) is 2. The number of para-hydroxylation sites is 1. The summed E-state index contributed by atoms with van der Waals surface area (Å²) in [5.74, 6) is 0. The molecule has 0 atom stereocenters. The molecule has 1 heterocycles. The van der Waals surface area contributed by atoms with Crippen molar-refractivity contribution < 1.29 is 13.2 Å². The number of halogens is 3. The summed E-state index contributed by atoms with van der Waals surface area (Å²) in [6.45, 7) is 0.980. The molecule has 0 radical (unpaired) electrons. The lowest BCUT2D eigenvalue weighted by Crippen LogP contribution is -2.36. The van der Waals surface area contributed by atoms with Crippen LogP contribution in [0.3, 0.4) is 0 Å². The number of rotatable bonds is 4. The van der Waals surface area contributed by atoms with E-state index < -0.39 is 12.7 Å². The Morgan fingerprint density at radius 3 is 2.74 bits per heavy atom. The Hall–Kier alpha value is -1.23. The minimum atomic E-state index is -4.13. The first-order valence-electron chi connectivity index (χ1n) is 6.66. The molecule has 106 valence electrons. The van der Waals surface area contributed by atoms with Crippen molar-refractivity contribution in [2.75, 3.05) is 31.1 Å². The van der Waals surface area contributed by atoms with Crippen LogP contribution >= 0.6 is 0 Å². The quantitative estimate of drug-likeness (QED) is 0.848. The largest absolute Gasteiger partial charge is 0.401 e. The maximum absolute atomic E-state index is 12.0. The van der Waals surface area contributed by atoms with Crippen LogP contribution in [0.1, 0.15) is 18.4 Å². The topological polar surface area (TPSA) is 15.3 Å². The van der Waals surface area contributed by atoms with Crippen LogP contribution in [-0.2, 0) is 6.42 Å². The smallest absolute Gasteiger partial charge is 0.370 e. The van der Waals surface area contributed by atoms with Crippen molar-refractivity contribution in [3.05, 3.63) is 29.8 Å². The predicted octanol–water partition coefficient (Wildman–Crippen LogP) is 2.98. The number of nitrogens with one attached hydrogen (secondary N) is 1. The fraction of sp³-hybridized carbons (Fsp3) is 0.571. The van der Waals surface area contributed by atoms with Crippen molar-refractivity contribution in [2.45, 2.75) is 25.4 Å². The van der Waals surface area contributed by atoms with Gasteiger partial charge in [-0.05, 0) is 30.9 Å². The normalized spacial score (nSPS) is 16.1. The van der Waals surface area contributed by atoms with Crippen molar-refractivity contribution in [3.8, 4) is 0 Å². The highest BCUT2D eigenvalue weighted by Crippen LogP contribution is 2.25. The Morgan fingerprint density at radius 2 is 1.95 bits per heavy atom. The molecule has 0 bridgehead atoms. The molecule has 0 fully saturated rings. The fourth-order valence-electron chi connectivity index (χ4n) is 2.45. The standard InChI is InChI=1S/C14H19F3N2/c15-14(16,17)11-18-8-10-19-9-4-3-6-12-5-1-2-7-13(12)19/h1-2,5,7,18H,3-4,6,8-11H2. The van der Waals surface area contributed by atoms with E-state index in [1.165, 1.54) is 11.3 Å². The minimum absolute atomic E-state index is 0.355. The van der Waals surface area contributed by atoms with Crippen LogP contribution in [0.2, 0.25) is 0 Å². The number of benzene rings is 1. The zero-order chi connectivity index (χ0) is 13.7. The number of fused-ring (bicyclic) bond motifs is 1. The Kier molecular flexibility index (Phi) is 4.69. The van der Waals surface area contributed by atoms with Gasteiger partial charge < -0.3 is 10.2 Å². The van der Waals surface area contributed by atoms with Gasteiger partial charge in [0.15, 0.2) is 0 Å². The second-order valence-electron chi connectivity index (χ2n) is 4.86. The van der Waals surface area contributed by atoms with E-state index in [1.807, 2.05) is 12.1 Å². The third kappa shape index (κ3) is 4.42. The van der Waals surface area contributed by atoms with Gasteiger partial charge in [-0.1, -0.05) is 18.2 Å². The number of hydrogen-bond donors (Lipinski definition) is 1. The van der Waals surface area contributed by atoms with E-state index in [4.69, 9.17) is 0 Å². The molecule has 0 spiro atoms. The molecule has 0 aromatic heterocycles. The predicted molar refractivity (Wildman–Crippen MR) is 70.5 cm³/mol. The second kappa shape index (κ2) is 6.28. The summed E-state index contributed by atoms with van der Waals surface area (Å²) in [6.07, 6.45) is -0.837. The van der Waals surface area contributed by atoms with Crippen LogP contribution in [0.5, 0.6) is 0 Å². The van der Waals surface area contributed by atoms with Crippen LogP contribution in [0, 0.1) is 0 Å². The maximum atomic E-state index is 12.0. The second-order valence-corrected chi connectivity index (χ2v) is 4.86. The summed E-state index contributed by atoms with van der Waals surface area (Å²) >= 11 is 0. The van der Waals surface area contributed by atoms with Gasteiger partial charge >= 0.3 is 6.18 Å². The van der Waals surface area contributed by atoms with E-state index in [1.54, 1.807) is 0 Å². The van der Waals surface area contributed by atoms with Gasteiger partial charge in [-0.2, -0.15) is 13.2 Å². The van der Waals surface area contributed by atoms with Gasteiger partial charge in [0.05, 0.1) is 6.54 Å².